The van der Waals surface area contributed by atoms with E-state index in [-0.39, 0.29) is 27.2 Å². The summed E-state index contributed by atoms with van der Waals surface area (Å²) in [6.45, 7) is 6.46. The van der Waals surface area contributed by atoms with Gasteiger partial charge in [0.25, 0.3) is 10.0 Å². The summed E-state index contributed by atoms with van der Waals surface area (Å²) in [6.07, 6.45) is 0. The van der Waals surface area contributed by atoms with Crippen LogP contribution in [0.3, 0.4) is 0 Å². The Morgan fingerprint density at radius 1 is 0.923 bits per heavy atom. The van der Waals surface area contributed by atoms with Gasteiger partial charge < -0.3 is 10.2 Å². The van der Waals surface area contributed by atoms with Crippen LogP contribution >= 0.6 is 34.8 Å². The van der Waals surface area contributed by atoms with Crippen LogP contribution in [0.5, 0.6) is 0 Å². The Balaban J connectivity index is 2.07. The van der Waals surface area contributed by atoms with Gasteiger partial charge in [-0.05, 0) is 69.7 Å². The molecule has 0 saturated carbocycles. The van der Waals surface area contributed by atoms with E-state index in [1.54, 1.807) is 55.5 Å². The second kappa shape index (κ2) is 12.6. The number of carbonyl (C=O) groups is 2. The molecule has 11 heteroatoms. The molecule has 3 aromatic carbocycles. The van der Waals surface area contributed by atoms with Gasteiger partial charge >= 0.3 is 0 Å². The van der Waals surface area contributed by atoms with E-state index in [0.717, 1.165) is 4.31 Å². The summed E-state index contributed by atoms with van der Waals surface area (Å²) in [6, 6.07) is 18.2. The normalized spacial score (nSPS) is 12.5. The second-order valence-electron chi connectivity index (χ2n) is 9.96. The molecule has 2 amide bonds. The summed E-state index contributed by atoms with van der Waals surface area (Å²) in [5, 5.41) is 3.45. The second-order valence-corrected chi connectivity index (χ2v) is 13.0. The van der Waals surface area contributed by atoms with Crippen LogP contribution in [0.25, 0.3) is 0 Å². The largest absolute Gasteiger partial charge is 0.350 e. The molecule has 0 aromatic heterocycles. The first kappa shape index (κ1) is 30.8. The van der Waals surface area contributed by atoms with E-state index in [2.05, 4.69) is 5.32 Å². The lowest BCUT2D eigenvalue weighted by Gasteiger charge is -2.33. The minimum atomic E-state index is -4.26. The van der Waals surface area contributed by atoms with Crippen molar-refractivity contribution in [2.24, 2.45) is 0 Å². The third-order valence-corrected chi connectivity index (χ3v) is 8.54. The molecule has 0 fully saturated rings. The van der Waals surface area contributed by atoms with Crippen molar-refractivity contribution < 1.29 is 18.0 Å². The molecule has 208 valence electrons. The van der Waals surface area contributed by atoms with Gasteiger partial charge in [-0.1, -0.05) is 71.2 Å². The van der Waals surface area contributed by atoms with Crippen molar-refractivity contribution in [2.75, 3.05) is 10.8 Å². The highest BCUT2D eigenvalue weighted by molar-refractivity contribution is 7.92. The molecule has 0 aliphatic carbocycles. The first-order valence-electron chi connectivity index (χ1n) is 12.1. The van der Waals surface area contributed by atoms with Crippen LogP contribution in [-0.2, 0) is 26.2 Å². The Hall–Kier alpha value is -2.78. The fourth-order valence-electron chi connectivity index (χ4n) is 3.81. The number of nitrogens with zero attached hydrogens (tertiary/aromatic N) is 2. The van der Waals surface area contributed by atoms with Crippen molar-refractivity contribution in [3.63, 3.8) is 0 Å². The van der Waals surface area contributed by atoms with E-state index in [4.69, 9.17) is 34.8 Å². The van der Waals surface area contributed by atoms with Crippen LogP contribution < -0.4 is 9.62 Å². The first-order chi connectivity index (χ1) is 18.2. The number of benzene rings is 3. The molecule has 0 heterocycles. The standard InChI is InChI=1S/C28H30Cl3N3O4S/c1-19(27(36)32-28(2,3)4)33(17-20-10-8-11-21(29)16-20)25(35)18-34(24-15-9-14-23(30)26(24)31)39(37,38)22-12-6-5-7-13-22/h5-16,19H,17-18H2,1-4H3,(H,32,36). The Labute approximate surface area is 244 Å². The average Bonchev–Trinajstić information content (AvgIpc) is 2.86. The molecule has 0 saturated heterocycles. The zero-order chi connectivity index (χ0) is 29.0. The molecule has 39 heavy (non-hydrogen) atoms. The van der Waals surface area contributed by atoms with Crippen LogP contribution in [0, 0.1) is 0 Å². The molecule has 3 aromatic rings. The summed E-state index contributed by atoms with van der Waals surface area (Å²) in [7, 11) is -4.26. The minimum absolute atomic E-state index is 0.0145. The van der Waals surface area contributed by atoms with Crippen LogP contribution in [0.15, 0.2) is 77.7 Å². The summed E-state index contributed by atoms with van der Waals surface area (Å²) in [5.41, 5.74) is 0.160. The maximum Gasteiger partial charge on any atom is 0.264 e. The first-order valence-corrected chi connectivity index (χ1v) is 14.7. The lowest BCUT2D eigenvalue weighted by Crippen LogP contribution is -2.54. The number of hydrogen-bond acceptors (Lipinski definition) is 4. The summed E-state index contributed by atoms with van der Waals surface area (Å²) >= 11 is 18.8. The molecule has 7 nitrogen and oxygen atoms in total. The number of halogens is 3. The number of anilines is 1. The predicted molar refractivity (Wildman–Crippen MR) is 157 cm³/mol. The van der Waals surface area contributed by atoms with Gasteiger partial charge in [-0.25, -0.2) is 8.42 Å². The fraction of sp³-hybridized carbons (Fsp3) is 0.286. The van der Waals surface area contributed by atoms with Gasteiger partial charge in [-0.15, -0.1) is 0 Å². The third-order valence-electron chi connectivity index (χ3n) is 5.72. The smallest absolute Gasteiger partial charge is 0.264 e. The zero-order valence-corrected chi connectivity index (χ0v) is 25.1. The van der Waals surface area contributed by atoms with Gasteiger partial charge in [-0.2, -0.15) is 0 Å². The van der Waals surface area contributed by atoms with Crippen molar-refractivity contribution in [1.82, 2.24) is 10.2 Å². The molecule has 1 N–H and O–H groups in total. The fourth-order valence-corrected chi connectivity index (χ4v) is 5.91. The Kier molecular flexibility index (Phi) is 9.93. The van der Waals surface area contributed by atoms with Gasteiger partial charge in [0.2, 0.25) is 11.8 Å². The van der Waals surface area contributed by atoms with E-state index in [1.165, 1.54) is 29.2 Å². The number of amides is 2. The number of nitrogens with one attached hydrogen (secondary N) is 1. The van der Waals surface area contributed by atoms with Gasteiger partial charge in [0.15, 0.2) is 0 Å². The third kappa shape index (κ3) is 7.88. The molecule has 0 bridgehead atoms. The Morgan fingerprint density at radius 3 is 2.18 bits per heavy atom. The number of rotatable bonds is 9. The topological polar surface area (TPSA) is 86.8 Å². The van der Waals surface area contributed by atoms with Crippen molar-refractivity contribution in [2.45, 2.75) is 50.7 Å². The van der Waals surface area contributed by atoms with Gasteiger partial charge in [0.05, 0.1) is 20.6 Å². The van der Waals surface area contributed by atoms with Gasteiger partial charge in [0, 0.05) is 17.1 Å². The number of carbonyl (C=O) groups excluding carboxylic acids is 2. The van der Waals surface area contributed by atoms with E-state index in [0.29, 0.717) is 10.6 Å². The van der Waals surface area contributed by atoms with Crippen molar-refractivity contribution >= 4 is 62.3 Å². The van der Waals surface area contributed by atoms with Crippen molar-refractivity contribution in [1.29, 1.82) is 0 Å². The molecule has 0 aliphatic rings. The van der Waals surface area contributed by atoms with E-state index in [9.17, 15) is 18.0 Å². The SMILES string of the molecule is CC(C(=O)NC(C)(C)C)N(Cc1cccc(Cl)c1)C(=O)CN(c1cccc(Cl)c1Cl)S(=O)(=O)c1ccccc1. The van der Waals surface area contributed by atoms with Crippen LogP contribution in [0.4, 0.5) is 5.69 Å². The maximum atomic E-state index is 13.9. The van der Waals surface area contributed by atoms with Gasteiger partial charge in [-0.3, -0.25) is 13.9 Å². The summed E-state index contributed by atoms with van der Waals surface area (Å²) in [4.78, 5) is 28.4. The number of hydrogen-bond donors (Lipinski definition) is 1. The van der Waals surface area contributed by atoms with Crippen molar-refractivity contribution in [3.8, 4) is 0 Å². The van der Waals surface area contributed by atoms with E-state index < -0.39 is 40.0 Å². The van der Waals surface area contributed by atoms with Gasteiger partial charge in [0.1, 0.15) is 12.6 Å². The lowest BCUT2D eigenvalue weighted by atomic mass is 10.1. The molecule has 1 atom stereocenters. The number of sulfonamides is 1. The highest BCUT2D eigenvalue weighted by Gasteiger charge is 2.34. The molecule has 3 rings (SSSR count). The zero-order valence-electron chi connectivity index (χ0n) is 22.0. The average molecular weight is 611 g/mol. The molecule has 0 aliphatic heterocycles. The molecule has 0 spiro atoms. The van der Waals surface area contributed by atoms with Crippen molar-refractivity contribution in [3.05, 3.63) is 93.4 Å². The van der Waals surface area contributed by atoms with Crippen LogP contribution in [0.1, 0.15) is 33.3 Å². The predicted octanol–water partition coefficient (Wildman–Crippen LogP) is 6.17. The molecule has 1 unspecified atom stereocenters. The Morgan fingerprint density at radius 2 is 1.56 bits per heavy atom. The highest BCUT2D eigenvalue weighted by Crippen LogP contribution is 2.35. The lowest BCUT2D eigenvalue weighted by molar-refractivity contribution is -0.140. The van der Waals surface area contributed by atoms with Crippen LogP contribution in [-0.4, -0.2) is 43.3 Å². The van der Waals surface area contributed by atoms with E-state index in [1.807, 2.05) is 20.8 Å². The minimum Gasteiger partial charge on any atom is -0.350 e. The highest BCUT2D eigenvalue weighted by atomic mass is 35.5. The van der Waals surface area contributed by atoms with Crippen LogP contribution in [0.2, 0.25) is 15.1 Å². The molecule has 0 radical (unpaired) electrons. The summed E-state index contributed by atoms with van der Waals surface area (Å²) in [5.74, 6) is -1.02. The maximum absolute atomic E-state index is 13.9. The summed E-state index contributed by atoms with van der Waals surface area (Å²) < 4.78 is 28.5. The Bertz CT molecular complexity index is 1440. The molecular formula is C28H30Cl3N3O4S. The quantitative estimate of drug-likeness (QED) is 0.314. The molecular weight excluding hydrogens is 581 g/mol. The van der Waals surface area contributed by atoms with E-state index >= 15 is 0 Å². The monoisotopic (exact) mass is 609 g/mol.